The molecule has 4 heteroatoms. The molecule has 0 bridgehead atoms. The summed E-state index contributed by atoms with van der Waals surface area (Å²) in [6.07, 6.45) is 4.82. The highest BCUT2D eigenvalue weighted by atomic mass is 16.5. The van der Waals surface area contributed by atoms with Crippen LogP contribution < -0.4 is 4.74 Å². The quantitative estimate of drug-likeness (QED) is 0.857. The summed E-state index contributed by atoms with van der Waals surface area (Å²) in [4.78, 5) is 4.06. The van der Waals surface area contributed by atoms with E-state index in [-0.39, 0.29) is 0 Å². The second-order valence-corrected chi connectivity index (χ2v) is 3.85. The molecule has 0 aliphatic rings. The lowest BCUT2D eigenvalue weighted by atomic mass is 10.0. The van der Waals surface area contributed by atoms with E-state index >= 15 is 0 Å². The van der Waals surface area contributed by atoms with Crippen molar-refractivity contribution in [3.63, 3.8) is 0 Å². The molecule has 0 amide bonds. The molecule has 83 valence electrons. The van der Waals surface area contributed by atoms with Crippen LogP contribution in [0.1, 0.15) is 25.5 Å². The average molecular weight is 216 g/mol. The van der Waals surface area contributed by atoms with Crippen LogP contribution >= 0.6 is 0 Å². The molecule has 0 aromatic carbocycles. The molecule has 1 N–H and O–H groups in total. The Morgan fingerprint density at radius 1 is 1.38 bits per heavy atom. The Labute approximate surface area is 94.7 Å². The van der Waals surface area contributed by atoms with Gasteiger partial charge in [0.1, 0.15) is 6.20 Å². The Morgan fingerprint density at radius 2 is 2.19 bits per heavy atom. The third-order valence-electron chi connectivity index (χ3n) is 2.40. The van der Waals surface area contributed by atoms with E-state index in [1.807, 2.05) is 18.3 Å². The maximum Gasteiger partial charge on any atom is 0.213 e. The van der Waals surface area contributed by atoms with Crippen molar-refractivity contribution in [2.24, 2.45) is 0 Å². The minimum atomic E-state index is 0.372. The van der Waals surface area contributed by atoms with Gasteiger partial charge in [0.15, 0.2) is 0 Å². The second-order valence-electron chi connectivity index (χ2n) is 3.85. The number of aromatic nitrogens is 3. The lowest BCUT2D eigenvalue weighted by Gasteiger charge is -2.05. The number of hydrogen-bond acceptors (Lipinski definition) is 3. The second kappa shape index (κ2) is 4.35. The van der Waals surface area contributed by atoms with Crippen LogP contribution in [0.15, 0.2) is 18.3 Å². The molecule has 0 unspecified atom stereocenters. The van der Waals surface area contributed by atoms with Crippen molar-refractivity contribution in [1.82, 2.24) is 15.2 Å². The monoisotopic (exact) mass is 216 g/mol. The third-order valence-corrected chi connectivity index (χ3v) is 2.40. The van der Waals surface area contributed by atoms with Crippen molar-refractivity contribution in [2.45, 2.75) is 19.8 Å². The van der Waals surface area contributed by atoms with Crippen molar-refractivity contribution in [3.05, 3.63) is 30.2 Å². The van der Waals surface area contributed by atoms with Crippen molar-refractivity contribution in [1.29, 1.82) is 0 Å². The molecule has 0 saturated carbocycles. The summed E-state index contributed by atoms with van der Waals surface area (Å²) in [5.41, 5.74) is 3.01. The first-order chi connectivity index (χ1) is 7.72. The topological polar surface area (TPSA) is 50.8 Å². The summed E-state index contributed by atoms with van der Waals surface area (Å²) in [5, 5.41) is 7.11. The van der Waals surface area contributed by atoms with E-state index in [1.165, 1.54) is 0 Å². The molecular formula is C12H14N3O. The number of nitrogens with zero attached hydrogens (tertiary/aromatic N) is 2. The van der Waals surface area contributed by atoms with Crippen LogP contribution in [0.2, 0.25) is 0 Å². The molecular weight excluding hydrogens is 202 g/mol. The highest BCUT2D eigenvalue weighted by Crippen LogP contribution is 2.26. The van der Waals surface area contributed by atoms with Gasteiger partial charge in [-0.1, -0.05) is 13.8 Å². The summed E-state index contributed by atoms with van der Waals surface area (Å²) in [7, 11) is 1.59. The molecule has 16 heavy (non-hydrogen) atoms. The lowest BCUT2D eigenvalue weighted by molar-refractivity contribution is 0.397. The molecule has 0 fully saturated rings. The molecule has 0 aliphatic heterocycles. The number of H-pyrrole nitrogens is 1. The fraction of sp³-hybridized carbons (Fsp3) is 0.333. The molecule has 1 radical (unpaired) electrons. The van der Waals surface area contributed by atoms with Gasteiger partial charge in [0.2, 0.25) is 5.88 Å². The molecule has 0 spiro atoms. The number of ether oxygens (including phenoxy) is 1. The van der Waals surface area contributed by atoms with Crippen LogP contribution in [-0.4, -0.2) is 22.3 Å². The van der Waals surface area contributed by atoms with Gasteiger partial charge in [-0.3, -0.25) is 5.10 Å². The Balaban J connectivity index is 2.38. The number of aromatic amines is 1. The van der Waals surface area contributed by atoms with Gasteiger partial charge in [-0.25, -0.2) is 4.98 Å². The van der Waals surface area contributed by atoms with Gasteiger partial charge in [0, 0.05) is 23.4 Å². The number of pyridine rings is 1. The Morgan fingerprint density at radius 3 is 2.75 bits per heavy atom. The smallest absolute Gasteiger partial charge is 0.213 e. The van der Waals surface area contributed by atoms with E-state index in [0.717, 1.165) is 16.8 Å². The van der Waals surface area contributed by atoms with Crippen LogP contribution in [0.3, 0.4) is 0 Å². The first kappa shape index (κ1) is 10.7. The molecule has 4 nitrogen and oxygen atoms in total. The number of hydrogen-bond donors (Lipinski definition) is 1. The summed E-state index contributed by atoms with van der Waals surface area (Å²) >= 11 is 0. The predicted molar refractivity (Wildman–Crippen MR) is 61.3 cm³/mol. The summed E-state index contributed by atoms with van der Waals surface area (Å²) in [6, 6.07) is 3.76. The molecule has 0 atom stereocenters. The average Bonchev–Trinajstić information content (AvgIpc) is 2.78. The van der Waals surface area contributed by atoms with E-state index in [1.54, 1.807) is 7.11 Å². The van der Waals surface area contributed by atoms with Crippen molar-refractivity contribution >= 4 is 0 Å². The molecule has 2 rings (SSSR count). The Hall–Kier alpha value is -1.84. The zero-order chi connectivity index (χ0) is 11.5. The van der Waals surface area contributed by atoms with Gasteiger partial charge in [-0.2, -0.15) is 5.10 Å². The van der Waals surface area contributed by atoms with E-state index < -0.39 is 0 Å². The largest absolute Gasteiger partial charge is 0.481 e. The maximum atomic E-state index is 5.00. The zero-order valence-electron chi connectivity index (χ0n) is 9.61. The molecule has 2 aromatic heterocycles. The minimum Gasteiger partial charge on any atom is -0.481 e. The van der Waals surface area contributed by atoms with Crippen molar-refractivity contribution in [2.75, 3.05) is 7.11 Å². The van der Waals surface area contributed by atoms with Gasteiger partial charge in [-0.15, -0.1) is 0 Å². The van der Waals surface area contributed by atoms with Gasteiger partial charge in [0.25, 0.3) is 0 Å². The van der Waals surface area contributed by atoms with Crippen molar-refractivity contribution < 1.29 is 4.74 Å². The van der Waals surface area contributed by atoms with Crippen LogP contribution in [0, 0.1) is 6.20 Å². The predicted octanol–water partition coefficient (Wildman–Crippen LogP) is 2.40. The van der Waals surface area contributed by atoms with E-state index in [9.17, 15) is 0 Å². The number of rotatable bonds is 3. The molecule has 2 aromatic rings. The first-order valence-corrected chi connectivity index (χ1v) is 5.19. The van der Waals surface area contributed by atoms with Crippen LogP contribution in [0.4, 0.5) is 0 Å². The van der Waals surface area contributed by atoms with Crippen LogP contribution in [0.25, 0.3) is 11.1 Å². The highest BCUT2D eigenvalue weighted by Gasteiger charge is 2.11. The fourth-order valence-electron chi connectivity index (χ4n) is 1.56. The van der Waals surface area contributed by atoms with Crippen LogP contribution in [0.5, 0.6) is 5.88 Å². The van der Waals surface area contributed by atoms with E-state index in [4.69, 9.17) is 4.74 Å². The van der Waals surface area contributed by atoms with Gasteiger partial charge in [-0.05, 0) is 12.0 Å². The van der Waals surface area contributed by atoms with E-state index in [0.29, 0.717) is 11.8 Å². The zero-order valence-corrected chi connectivity index (χ0v) is 9.61. The van der Waals surface area contributed by atoms with Gasteiger partial charge < -0.3 is 4.74 Å². The summed E-state index contributed by atoms with van der Waals surface area (Å²) < 4.78 is 5.00. The highest BCUT2D eigenvalue weighted by molar-refractivity contribution is 5.64. The van der Waals surface area contributed by atoms with Gasteiger partial charge in [0.05, 0.1) is 12.8 Å². The molecule has 0 aliphatic carbocycles. The summed E-state index contributed by atoms with van der Waals surface area (Å²) in [6.45, 7) is 4.22. The molecule has 0 saturated heterocycles. The summed E-state index contributed by atoms with van der Waals surface area (Å²) in [5.74, 6) is 0.940. The van der Waals surface area contributed by atoms with Gasteiger partial charge >= 0.3 is 0 Å². The van der Waals surface area contributed by atoms with Crippen LogP contribution in [-0.2, 0) is 0 Å². The standard InChI is InChI=1S/C12H14N3O/c1-8(2)12-10(7-14-15-12)9-4-5-11(16-3)13-6-9/h4-5,7-8H,1-3H3,(H,14,15). The molecule has 2 heterocycles. The Bertz CT molecular complexity index is 459. The lowest BCUT2D eigenvalue weighted by Crippen LogP contribution is -1.92. The number of nitrogens with one attached hydrogen (secondary N) is 1. The Kier molecular flexibility index (Phi) is 2.90. The first-order valence-electron chi connectivity index (χ1n) is 5.19. The van der Waals surface area contributed by atoms with E-state index in [2.05, 4.69) is 35.2 Å². The number of methoxy groups -OCH3 is 1. The van der Waals surface area contributed by atoms with Crippen molar-refractivity contribution in [3.8, 4) is 17.0 Å². The maximum absolute atomic E-state index is 5.00. The third kappa shape index (κ3) is 1.91. The normalized spacial score (nSPS) is 10.8. The minimum absolute atomic E-state index is 0.372. The fourth-order valence-corrected chi connectivity index (χ4v) is 1.56. The SMILES string of the molecule is COc1ccc(-c2c[nH]nc2C(C)C)[c]n1.